The Morgan fingerprint density at radius 1 is 1.00 bits per heavy atom. The molecular weight excluding hydrogens is 388 g/mol. The number of nitrogens with one attached hydrogen (secondary N) is 2. The molecule has 6 nitrogen and oxygen atoms in total. The molecule has 152 valence electrons. The van der Waals surface area contributed by atoms with Crippen LogP contribution in [-0.4, -0.2) is 14.3 Å². The second-order valence-electron chi connectivity index (χ2n) is 6.68. The van der Waals surface area contributed by atoms with E-state index in [1.54, 1.807) is 36.4 Å². The molecule has 0 aliphatic heterocycles. The van der Waals surface area contributed by atoms with Crippen molar-refractivity contribution < 1.29 is 17.6 Å². The van der Waals surface area contributed by atoms with Crippen LogP contribution < -0.4 is 10.0 Å². The summed E-state index contributed by atoms with van der Waals surface area (Å²) in [6.45, 7) is 2.22. The van der Waals surface area contributed by atoms with Gasteiger partial charge in [0, 0.05) is 11.3 Å². The van der Waals surface area contributed by atoms with E-state index in [1.165, 1.54) is 24.0 Å². The smallest absolute Gasteiger partial charge is 0.255 e. The summed E-state index contributed by atoms with van der Waals surface area (Å²) in [5.74, 6) is 0.289. The fourth-order valence-corrected chi connectivity index (χ4v) is 3.78. The Kier molecular flexibility index (Phi) is 6.85. The van der Waals surface area contributed by atoms with Crippen LogP contribution >= 0.6 is 0 Å². The Hall–Kier alpha value is -2.90. The van der Waals surface area contributed by atoms with Crippen molar-refractivity contribution in [2.75, 3.05) is 5.32 Å². The monoisotopic (exact) mass is 412 g/mol. The van der Waals surface area contributed by atoms with Gasteiger partial charge in [0.15, 0.2) is 0 Å². The Bertz CT molecular complexity index is 1030. The number of benzene rings is 2. The highest BCUT2D eigenvalue weighted by atomic mass is 32.2. The summed E-state index contributed by atoms with van der Waals surface area (Å²) in [6.07, 6.45) is 4.74. The van der Waals surface area contributed by atoms with Crippen molar-refractivity contribution in [3.8, 4) is 0 Å². The van der Waals surface area contributed by atoms with Crippen molar-refractivity contribution in [2.45, 2.75) is 37.6 Å². The normalized spacial score (nSPS) is 11.3. The van der Waals surface area contributed by atoms with Crippen molar-refractivity contribution >= 4 is 21.6 Å². The summed E-state index contributed by atoms with van der Waals surface area (Å²) in [5.41, 5.74) is 2.29. The van der Waals surface area contributed by atoms with Crippen molar-refractivity contribution in [1.29, 1.82) is 0 Å². The molecule has 3 rings (SSSR count). The van der Waals surface area contributed by atoms with Gasteiger partial charge in [0.05, 0.1) is 17.7 Å². The molecule has 0 saturated heterocycles. The minimum atomic E-state index is -3.67. The zero-order chi connectivity index (χ0) is 20.7. The number of sulfonamides is 1. The molecule has 1 amide bonds. The molecule has 29 heavy (non-hydrogen) atoms. The number of anilines is 1. The lowest BCUT2D eigenvalue weighted by molar-refractivity contribution is 0.102. The Labute approximate surface area is 171 Å². The van der Waals surface area contributed by atoms with Crippen molar-refractivity contribution in [2.24, 2.45) is 0 Å². The quantitative estimate of drug-likeness (QED) is 0.547. The zero-order valence-corrected chi connectivity index (χ0v) is 17.0. The molecule has 0 spiro atoms. The molecule has 0 unspecified atom stereocenters. The lowest BCUT2D eigenvalue weighted by Crippen LogP contribution is -2.23. The van der Waals surface area contributed by atoms with Crippen LogP contribution in [0.3, 0.4) is 0 Å². The molecule has 0 fully saturated rings. The predicted octanol–water partition coefficient (Wildman–Crippen LogP) is 4.35. The number of amides is 1. The second-order valence-corrected chi connectivity index (χ2v) is 8.45. The van der Waals surface area contributed by atoms with E-state index in [0.717, 1.165) is 19.3 Å². The van der Waals surface area contributed by atoms with Crippen LogP contribution in [0, 0.1) is 0 Å². The van der Waals surface area contributed by atoms with Gasteiger partial charge in [-0.15, -0.1) is 0 Å². The maximum absolute atomic E-state index is 12.4. The molecule has 0 saturated carbocycles. The third kappa shape index (κ3) is 5.79. The number of carbonyl (C=O) groups excluding carboxylic acids is 1. The Morgan fingerprint density at radius 3 is 2.34 bits per heavy atom. The lowest BCUT2D eigenvalue weighted by Gasteiger charge is -2.09. The van der Waals surface area contributed by atoms with Crippen LogP contribution in [0.15, 0.2) is 76.2 Å². The van der Waals surface area contributed by atoms with Gasteiger partial charge < -0.3 is 9.73 Å². The number of rotatable bonds is 9. The van der Waals surface area contributed by atoms with Gasteiger partial charge in [-0.05, 0) is 66.9 Å². The second kappa shape index (κ2) is 9.54. The van der Waals surface area contributed by atoms with Gasteiger partial charge in [-0.1, -0.05) is 25.5 Å². The highest BCUT2D eigenvalue weighted by molar-refractivity contribution is 7.89. The summed E-state index contributed by atoms with van der Waals surface area (Å²) in [7, 11) is -3.67. The minimum absolute atomic E-state index is 0.0715. The van der Waals surface area contributed by atoms with E-state index >= 15 is 0 Å². The lowest BCUT2D eigenvalue weighted by atomic mass is 10.1. The molecule has 1 aromatic heterocycles. The minimum Gasteiger partial charge on any atom is -0.468 e. The average molecular weight is 413 g/mol. The number of unbranched alkanes of at least 4 members (excludes halogenated alkanes) is 1. The molecule has 2 aromatic carbocycles. The summed E-state index contributed by atoms with van der Waals surface area (Å²) < 4.78 is 32.3. The van der Waals surface area contributed by atoms with Crippen LogP contribution in [0.5, 0.6) is 0 Å². The predicted molar refractivity (Wildman–Crippen MR) is 112 cm³/mol. The molecule has 0 bridgehead atoms. The number of aryl methyl sites for hydroxylation is 1. The highest BCUT2D eigenvalue weighted by Gasteiger charge is 2.15. The average Bonchev–Trinajstić information content (AvgIpc) is 3.25. The first-order chi connectivity index (χ1) is 14.0. The zero-order valence-electron chi connectivity index (χ0n) is 16.2. The topological polar surface area (TPSA) is 88.4 Å². The van der Waals surface area contributed by atoms with Crippen molar-refractivity contribution in [1.82, 2.24) is 4.72 Å². The first kappa shape index (κ1) is 20.8. The number of furan rings is 1. The van der Waals surface area contributed by atoms with Gasteiger partial charge in [-0.25, -0.2) is 13.1 Å². The van der Waals surface area contributed by atoms with Crippen LogP contribution in [0.2, 0.25) is 0 Å². The first-order valence-electron chi connectivity index (χ1n) is 9.50. The highest BCUT2D eigenvalue weighted by Crippen LogP contribution is 2.16. The Balaban J connectivity index is 1.60. The third-order valence-corrected chi connectivity index (χ3v) is 5.89. The molecule has 0 aliphatic rings. The van der Waals surface area contributed by atoms with Gasteiger partial charge >= 0.3 is 0 Å². The van der Waals surface area contributed by atoms with E-state index in [9.17, 15) is 13.2 Å². The van der Waals surface area contributed by atoms with E-state index in [4.69, 9.17) is 4.42 Å². The fraction of sp³-hybridized carbons (Fsp3) is 0.227. The van der Waals surface area contributed by atoms with E-state index in [0.29, 0.717) is 17.0 Å². The van der Waals surface area contributed by atoms with Crippen LogP contribution in [0.1, 0.15) is 41.4 Å². The summed E-state index contributed by atoms with van der Waals surface area (Å²) >= 11 is 0. The van der Waals surface area contributed by atoms with Crippen molar-refractivity contribution in [3.63, 3.8) is 0 Å². The van der Waals surface area contributed by atoms with Gasteiger partial charge in [-0.3, -0.25) is 4.79 Å². The van der Waals surface area contributed by atoms with Gasteiger partial charge in [-0.2, -0.15) is 0 Å². The maximum Gasteiger partial charge on any atom is 0.255 e. The van der Waals surface area contributed by atoms with Gasteiger partial charge in [0.2, 0.25) is 10.0 Å². The molecule has 3 aromatic rings. The SMILES string of the molecule is CCCCc1ccc(C(=O)Nc2ccc(S(=O)(=O)NCc3ccco3)cc2)cc1. The standard InChI is InChI=1S/C22H24N2O4S/c1-2-3-5-17-7-9-18(10-8-17)22(25)24-19-11-13-21(14-12-19)29(26,27)23-16-20-6-4-15-28-20/h4,6-15,23H,2-3,5,16H2,1H3,(H,24,25). The van der Waals surface area contributed by atoms with E-state index in [-0.39, 0.29) is 17.3 Å². The van der Waals surface area contributed by atoms with E-state index in [1.807, 2.05) is 12.1 Å². The van der Waals surface area contributed by atoms with E-state index < -0.39 is 10.0 Å². The van der Waals surface area contributed by atoms with Gasteiger partial charge in [0.1, 0.15) is 5.76 Å². The van der Waals surface area contributed by atoms with Crippen LogP contribution in [0.4, 0.5) is 5.69 Å². The van der Waals surface area contributed by atoms with Gasteiger partial charge in [0.25, 0.3) is 5.91 Å². The summed E-state index contributed by atoms with van der Waals surface area (Å²) in [6, 6.07) is 17.0. The molecule has 0 aliphatic carbocycles. The molecule has 1 heterocycles. The summed E-state index contributed by atoms with van der Waals surface area (Å²) in [4.78, 5) is 12.5. The van der Waals surface area contributed by atoms with Crippen molar-refractivity contribution in [3.05, 3.63) is 83.8 Å². The number of hydrogen-bond donors (Lipinski definition) is 2. The van der Waals surface area contributed by atoms with Crippen LogP contribution in [-0.2, 0) is 23.0 Å². The number of carbonyl (C=O) groups is 1. The summed E-state index contributed by atoms with van der Waals surface area (Å²) in [5, 5.41) is 2.78. The third-order valence-electron chi connectivity index (χ3n) is 4.47. The molecule has 0 atom stereocenters. The van der Waals surface area contributed by atoms with E-state index in [2.05, 4.69) is 17.0 Å². The molecule has 7 heteroatoms. The first-order valence-corrected chi connectivity index (χ1v) is 11.0. The largest absolute Gasteiger partial charge is 0.468 e. The molecule has 0 radical (unpaired) electrons. The molecule has 2 N–H and O–H groups in total. The Morgan fingerprint density at radius 2 is 1.72 bits per heavy atom. The van der Waals surface area contributed by atoms with Crippen LogP contribution in [0.25, 0.3) is 0 Å². The number of hydrogen-bond acceptors (Lipinski definition) is 4. The molecular formula is C22H24N2O4S. The fourth-order valence-electron chi connectivity index (χ4n) is 2.79. The maximum atomic E-state index is 12.4.